The van der Waals surface area contributed by atoms with Gasteiger partial charge in [-0.15, -0.1) is 0 Å². The maximum absolute atomic E-state index is 12.4. The van der Waals surface area contributed by atoms with E-state index in [-0.39, 0.29) is 12.1 Å². The molecule has 5 nitrogen and oxygen atoms in total. The molecule has 1 fully saturated rings. The highest BCUT2D eigenvalue weighted by Crippen LogP contribution is 2.27. The van der Waals surface area contributed by atoms with E-state index < -0.39 is 0 Å². The topological polar surface area (TPSA) is 61.0 Å². The van der Waals surface area contributed by atoms with E-state index in [1.165, 1.54) is 0 Å². The van der Waals surface area contributed by atoms with E-state index >= 15 is 0 Å². The van der Waals surface area contributed by atoms with Gasteiger partial charge in [0.2, 0.25) is 0 Å². The summed E-state index contributed by atoms with van der Waals surface area (Å²) < 4.78 is 0. The summed E-state index contributed by atoms with van der Waals surface area (Å²) in [7, 11) is 0. The van der Waals surface area contributed by atoms with Gasteiger partial charge in [-0.05, 0) is 37.7 Å². The summed E-state index contributed by atoms with van der Waals surface area (Å²) in [5.74, 6) is 2.44. The van der Waals surface area contributed by atoms with Crippen molar-refractivity contribution < 1.29 is 4.79 Å². The Kier molecular flexibility index (Phi) is 5.66. The van der Waals surface area contributed by atoms with Crippen molar-refractivity contribution in [2.75, 3.05) is 25.1 Å². The van der Waals surface area contributed by atoms with Gasteiger partial charge in [-0.1, -0.05) is 19.1 Å². The van der Waals surface area contributed by atoms with E-state index in [4.69, 9.17) is 4.98 Å². The Morgan fingerprint density at radius 2 is 2.17 bits per heavy atom. The molecule has 130 valence electrons. The molecule has 2 heterocycles. The molecule has 24 heavy (non-hydrogen) atoms. The first-order valence-corrected chi connectivity index (χ1v) is 10.1. The Bertz CT molecular complexity index is 645. The van der Waals surface area contributed by atoms with Crippen molar-refractivity contribution in [3.05, 3.63) is 30.1 Å². The van der Waals surface area contributed by atoms with E-state index in [1.807, 2.05) is 23.1 Å². The lowest BCUT2D eigenvalue weighted by Crippen LogP contribution is -2.48. The third-order valence-corrected chi connectivity index (χ3v) is 5.50. The van der Waals surface area contributed by atoms with Gasteiger partial charge < -0.3 is 15.2 Å². The molecule has 1 saturated heterocycles. The summed E-state index contributed by atoms with van der Waals surface area (Å²) in [6.45, 7) is 3.71. The molecule has 1 aliphatic rings. The Balaban J connectivity index is 1.56. The molecule has 1 atom stereocenters. The molecule has 2 aromatic rings. The number of nitrogens with one attached hydrogen (secondary N) is 2. The first-order chi connectivity index (χ1) is 11.7. The number of aromatic nitrogens is 2. The van der Waals surface area contributed by atoms with Crippen molar-refractivity contribution in [1.82, 2.24) is 20.2 Å². The van der Waals surface area contributed by atoms with Crippen LogP contribution in [0.1, 0.15) is 37.9 Å². The second-order valence-corrected chi connectivity index (χ2v) is 7.32. The van der Waals surface area contributed by atoms with Crippen molar-refractivity contribution in [3.63, 3.8) is 0 Å². The Labute approximate surface area is 147 Å². The average Bonchev–Trinajstić information content (AvgIpc) is 3.05. The maximum atomic E-state index is 12.4. The molecule has 6 heteroatoms. The molecule has 0 spiro atoms. The summed E-state index contributed by atoms with van der Waals surface area (Å²) in [4.78, 5) is 22.5. The molecule has 0 saturated carbocycles. The third-order valence-electron chi connectivity index (χ3n) is 4.76. The van der Waals surface area contributed by atoms with Gasteiger partial charge in [0.05, 0.1) is 11.0 Å². The Morgan fingerprint density at radius 1 is 1.42 bits per heavy atom. The zero-order valence-corrected chi connectivity index (χ0v) is 15.2. The van der Waals surface area contributed by atoms with Crippen LogP contribution in [0.15, 0.2) is 24.3 Å². The number of piperidine rings is 1. The monoisotopic (exact) mass is 346 g/mol. The fraction of sp³-hybridized carbons (Fsp3) is 0.556. The molecule has 1 aromatic carbocycles. The van der Waals surface area contributed by atoms with Crippen molar-refractivity contribution >= 4 is 28.8 Å². The number of benzene rings is 1. The Morgan fingerprint density at radius 3 is 2.83 bits per heavy atom. The molecular weight excluding hydrogens is 320 g/mol. The van der Waals surface area contributed by atoms with Crippen molar-refractivity contribution in [2.45, 2.75) is 38.1 Å². The highest BCUT2D eigenvalue weighted by atomic mass is 32.2. The minimum Gasteiger partial charge on any atom is -0.342 e. The van der Waals surface area contributed by atoms with E-state index in [0.717, 1.165) is 55.0 Å². The van der Waals surface area contributed by atoms with Crippen LogP contribution < -0.4 is 5.32 Å². The van der Waals surface area contributed by atoms with E-state index in [0.29, 0.717) is 5.92 Å². The Hall–Kier alpha value is -1.69. The largest absolute Gasteiger partial charge is 0.342 e. The van der Waals surface area contributed by atoms with Gasteiger partial charge in [0.15, 0.2) is 0 Å². The molecular formula is C18H26N4OS. The highest BCUT2D eigenvalue weighted by Gasteiger charge is 2.26. The number of imidazole rings is 1. The summed E-state index contributed by atoms with van der Waals surface area (Å²) in [6, 6.07) is 8.48. The molecule has 2 N–H and O–H groups in total. The standard InChI is InChI=1S/C18H26N4OS/c1-3-14(12-24-2)19-18(23)22-10-8-13(9-11-22)17-20-15-6-4-5-7-16(15)21-17/h4-7,13-14H,3,8-12H2,1-2H3,(H,19,23)(H,20,21)/t14-/m0/s1. The van der Waals surface area contributed by atoms with Gasteiger partial charge in [0, 0.05) is 30.8 Å². The number of aromatic amines is 1. The van der Waals surface area contributed by atoms with Crippen LogP contribution in [-0.4, -0.2) is 52.0 Å². The van der Waals surface area contributed by atoms with Gasteiger partial charge in [-0.3, -0.25) is 0 Å². The van der Waals surface area contributed by atoms with Crippen LogP contribution in [0.25, 0.3) is 11.0 Å². The highest BCUT2D eigenvalue weighted by molar-refractivity contribution is 7.98. The van der Waals surface area contributed by atoms with Crippen molar-refractivity contribution in [2.24, 2.45) is 0 Å². The predicted octanol–water partition coefficient (Wildman–Crippen LogP) is 3.59. The molecule has 0 aliphatic carbocycles. The zero-order chi connectivity index (χ0) is 16.9. The number of H-pyrrole nitrogens is 1. The van der Waals surface area contributed by atoms with Crippen LogP contribution >= 0.6 is 11.8 Å². The maximum Gasteiger partial charge on any atom is 0.317 e. The molecule has 1 aliphatic heterocycles. The van der Waals surface area contributed by atoms with Crippen molar-refractivity contribution in [1.29, 1.82) is 0 Å². The number of rotatable bonds is 5. The number of carbonyl (C=O) groups excluding carboxylic acids is 1. The van der Waals surface area contributed by atoms with Crippen LogP contribution in [0.4, 0.5) is 4.79 Å². The van der Waals surface area contributed by atoms with Gasteiger partial charge in [0.25, 0.3) is 0 Å². The fourth-order valence-electron chi connectivity index (χ4n) is 3.25. The minimum absolute atomic E-state index is 0.0824. The van der Waals surface area contributed by atoms with Gasteiger partial charge in [-0.2, -0.15) is 11.8 Å². The fourth-order valence-corrected chi connectivity index (χ4v) is 3.97. The lowest BCUT2D eigenvalue weighted by molar-refractivity contribution is 0.177. The molecule has 0 unspecified atom stereocenters. The average molecular weight is 347 g/mol. The lowest BCUT2D eigenvalue weighted by Gasteiger charge is -2.32. The van der Waals surface area contributed by atoms with E-state index in [1.54, 1.807) is 11.8 Å². The summed E-state index contributed by atoms with van der Waals surface area (Å²) in [6.07, 6.45) is 4.98. The minimum atomic E-state index is 0.0824. The normalized spacial score (nSPS) is 17.2. The number of hydrogen-bond donors (Lipinski definition) is 2. The smallest absolute Gasteiger partial charge is 0.317 e. The molecule has 1 aromatic heterocycles. The zero-order valence-electron chi connectivity index (χ0n) is 14.4. The van der Waals surface area contributed by atoms with E-state index in [9.17, 15) is 4.79 Å². The number of carbonyl (C=O) groups is 1. The molecule has 0 bridgehead atoms. The quantitative estimate of drug-likeness (QED) is 0.870. The van der Waals surface area contributed by atoms with Crippen LogP contribution in [0.5, 0.6) is 0 Å². The van der Waals surface area contributed by atoms with Crippen molar-refractivity contribution in [3.8, 4) is 0 Å². The summed E-state index contributed by atoms with van der Waals surface area (Å²) >= 11 is 1.78. The van der Waals surface area contributed by atoms with Gasteiger partial charge in [-0.25, -0.2) is 9.78 Å². The second kappa shape index (κ2) is 7.92. The lowest BCUT2D eigenvalue weighted by atomic mass is 9.96. The first-order valence-electron chi connectivity index (χ1n) is 8.70. The van der Waals surface area contributed by atoms with Crippen LogP contribution in [-0.2, 0) is 0 Å². The second-order valence-electron chi connectivity index (χ2n) is 6.41. The van der Waals surface area contributed by atoms with Crippen LogP contribution in [0.3, 0.4) is 0 Å². The molecule has 0 radical (unpaired) electrons. The molecule has 3 rings (SSSR count). The number of likely N-dealkylation sites (tertiary alicyclic amines) is 1. The van der Waals surface area contributed by atoms with Gasteiger partial charge >= 0.3 is 6.03 Å². The number of thioether (sulfide) groups is 1. The number of urea groups is 1. The first kappa shape index (κ1) is 17.1. The third kappa shape index (κ3) is 3.86. The summed E-state index contributed by atoms with van der Waals surface area (Å²) in [5, 5.41) is 3.16. The summed E-state index contributed by atoms with van der Waals surface area (Å²) in [5.41, 5.74) is 2.12. The number of hydrogen-bond acceptors (Lipinski definition) is 3. The van der Waals surface area contributed by atoms with E-state index in [2.05, 4.69) is 29.5 Å². The van der Waals surface area contributed by atoms with Crippen LogP contribution in [0.2, 0.25) is 0 Å². The number of para-hydroxylation sites is 2. The van der Waals surface area contributed by atoms with Gasteiger partial charge in [0.1, 0.15) is 5.82 Å². The number of nitrogens with zero attached hydrogens (tertiary/aromatic N) is 2. The molecule has 2 amide bonds. The predicted molar refractivity (Wildman–Crippen MR) is 101 cm³/mol. The number of fused-ring (bicyclic) bond motifs is 1. The van der Waals surface area contributed by atoms with Crippen LogP contribution in [0, 0.1) is 0 Å². The number of amides is 2. The SMILES string of the molecule is CC[C@@H](CSC)NC(=O)N1CCC(c2nc3ccccc3[nH]2)CC1.